The van der Waals surface area contributed by atoms with Crippen molar-refractivity contribution in [2.45, 2.75) is 6.92 Å². The fourth-order valence-electron chi connectivity index (χ4n) is 2.97. The lowest BCUT2D eigenvalue weighted by molar-refractivity contribution is 0.354. The van der Waals surface area contributed by atoms with E-state index < -0.39 is 0 Å². The minimum Gasteiger partial charge on any atom is -0.493 e. The normalized spacial score (nSPS) is 11.9. The molecule has 2 heterocycles. The van der Waals surface area contributed by atoms with E-state index in [4.69, 9.17) is 9.47 Å². The van der Waals surface area contributed by atoms with Gasteiger partial charge in [-0.2, -0.15) is 5.10 Å². The third-order valence-corrected chi connectivity index (χ3v) is 5.24. The molecular weight excluding hydrogens is 398 g/mol. The van der Waals surface area contributed by atoms with E-state index in [1.807, 2.05) is 66.9 Å². The summed E-state index contributed by atoms with van der Waals surface area (Å²) in [6.45, 7) is 1.94. The highest BCUT2D eigenvalue weighted by Crippen LogP contribution is 2.31. The minimum atomic E-state index is 0.629. The van der Waals surface area contributed by atoms with Crippen molar-refractivity contribution in [3.05, 3.63) is 71.0 Å². The van der Waals surface area contributed by atoms with E-state index in [2.05, 4.69) is 25.5 Å². The molecule has 0 unspecified atom stereocenters. The summed E-state index contributed by atoms with van der Waals surface area (Å²) in [5, 5.41) is 7.23. The number of hydrazone groups is 1. The standard InChI is InChI=1S/C22H21N5O2S/c1-14-13-30-22(23-14)27-26-18(21-24-16-8-4-5-9-17(16)25-21)12-11-15-7-6-10-19(28-2)20(15)29-3/h4-13H,1-3H3,(H,23,27)(H,24,25)/b12-11+,26-18-. The number of fused-ring (bicyclic) bond motifs is 1. The van der Waals surface area contributed by atoms with Crippen molar-refractivity contribution in [1.82, 2.24) is 15.0 Å². The second-order valence-corrected chi connectivity index (χ2v) is 7.28. The number of H-pyrrole nitrogens is 1. The van der Waals surface area contributed by atoms with Gasteiger partial charge in [-0.15, -0.1) is 11.3 Å². The predicted molar refractivity (Wildman–Crippen MR) is 122 cm³/mol. The largest absolute Gasteiger partial charge is 0.493 e. The summed E-state index contributed by atoms with van der Waals surface area (Å²) < 4.78 is 10.9. The first-order valence-corrected chi connectivity index (χ1v) is 10.2. The molecule has 0 amide bonds. The maximum Gasteiger partial charge on any atom is 0.203 e. The number of anilines is 1. The number of benzene rings is 2. The van der Waals surface area contributed by atoms with Crippen LogP contribution in [0.4, 0.5) is 5.13 Å². The lowest BCUT2D eigenvalue weighted by Gasteiger charge is -2.09. The maximum atomic E-state index is 5.52. The number of allylic oxidation sites excluding steroid dienone is 1. The number of imidazole rings is 1. The molecule has 0 aliphatic heterocycles. The number of hydrogen-bond acceptors (Lipinski definition) is 7. The Morgan fingerprint density at radius 3 is 2.70 bits per heavy atom. The van der Waals surface area contributed by atoms with Crippen LogP contribution in [0.15, 0.2) is 59.0 Å². The fraction of sp³-hybridized carbons (Fsp3) is 0.136. The molecule has 2 N–H and O–H groups in total. The van der Waals surface area contributed by atoms with Gasteiger partial charge >= 0.3 is 0 Å². The predicted octanol–water partition coefficient (Wildman–Crippen LogP) is 4.87. The first-order chi connectivity index (χ1) is 14.7. The van der Waals surface area contributed by atoms with Crippen molar-refractivity contribution in [2.75, 3.05) is 19.6 Å². The van der Waals surface area contributed by atoms with E-state index in [0.29, 0.717) is 28.2 Å². The van der Waals surface area contributed by atoms with Gasteiger partial charge in [0.25, 0.3) is 0 Å². The number of nitrogens with one attached hydrogen (secondary N) is 2. The first-order valence-electron chi connectivity index (χ1n) is 9.28. The van der Waals surface area contributed by atoms with Crippen LogP contribution in [0.2, 0.25) is 0 Å². The zero-order valence-corrected chi connectivity index (χ0v) is 17.7. The average molecular weight is 420 g/mol. The minimum absolute atomic E-state index is 0.629. The van der Waals surface area contributed by atoms with E-state index in [1.165, 1.54) is 11.3 Å². The molecule has 2 aromatic heterocycles. The second-order valence-electron chi connectivity index (χ2n) is 6.42. The van der Waals surface area contributed by atoms with Gasteiger partial charge in [0.15, 0.2) is 17.3 Å². The van der Waals surface area contributed by atoms with E-state index in [1.54, 1.807) is 14.2 Å². The van der Waals surface area contributed by atoms with Gasteiger partial charge < -0.3 is 14.5 Å². The lowest BCUT2D eigenvalue weighted by atomic mass is 10.1. The number of ether oxygens (including phenoxy) is 2. The smallest absolute Gasteiger partial charge is 0.203 e. The quantitative estimate of drug-likeness (QED) is 0.330. The number of nitrogens with zero attached hydrogens (tertiary/aromatic N) is 3. The number of aromatic nitrogens is 3. The Morgan fingerprint density at radius 1 is 1.10 bits per heavy atom. The summed E-state index contributed by atoms with van der Waals surface area (Å²) in [7, 11) is 3.24. The van der Waals surface area contributed by atoms with Crippen LogP contribution in [0.5, 0.6) is 11.5 Å². The number of para-hydroxylation sites is 3. The molecular formula is C22H21N5O2S. The molecule has 0 fully saturated rings. The molecule has 0 bridgehead atoms. The Labute approximate surface area is 178 Å². The van der Waals surface area contributed by atoms with E-state index >= 15 is 0 Å². The summed E-state index contributed by atoms with van der Waals surface area (Å²) in [6, 6.07) is 13.6. The summed E-state index contributed by atoms with van der Waals surface area (Å²) in [6.07, 6.45) is 3.80. The van der Waals surface area contributed by atoms with Crippen molar-refractivity contribution in [1.29, 1.82) is 0 Å². The molecule has 0 radical (unpaired) electrons. The van der Waals surface area contributed by atoms with Crippen LogP contribution in [-0.4, -0.2) is 34.9 Å². The number of aryl methyl sites for hydroxylation is 1. The summed E-state index contributed by atoms with van der Waals surface area (Å²) in [5.41, 5.74) is 7.28. The monoisotopic (exact) mass is 419 g/mol. The average Bonchev–Trinajstić information content (AvgIpc) is 3.39. The van der Waals surface area contributed by atoms with Gasteiger partial charge in [-0.05, 0) is 37.3 Å². The Bertz CT molecular complexity index is 1190. The molecule has 152 valence electrons. The van der Waals surface area contributed by atoms with E-state index in [-0.39, 0.29) is 0 Å². The van der Waals surface area contributed by atoms with Crippen LogP contribution in [0, 0.1) is 6.92 Å². The Kier molecular flexibility index (Phi) is 5.76. The van der Waals surface area contributed by atoms with Gasteiger partial charge in [-0.1, -0.05) is 24.3 Å². The molecule has 0 atom stereocenters. The molecule has 7 nitrogen and oxygen atoms in total. The third kappa shape index (κ3) is 4.18. The van der Waals surface area contributed by atoms with Gasteiger partial charge in [0.05, 0.1) is 30.9 Å². The Balaban J connectivity index is 1.72. The Morgan fingerprint density at radius 2 is 1.97 bits per heavy atom. The SMILES string of the molecule is COc1cccc(/C=C/C(=N/Nc2nc(C)cs2)c2nc3ccccc3[nH]2)c1OC. The number of methoxy groups -OCH3 is 2. The maximum absolute atomic E-state index is 5.52. The highest BCUT2D eigenvalue weighted by molar-refractivity contribution is 7.13. The van der Waals surface area contributed by atoms with Crippen LogP contribution in [0.1, 0.15) is 17.1 Å². The fourth-order valence-corrected chi connectivity index (χ4v) is 3.60. The third-order valence-electron chi connectivity index (χ3n) is 4.38. The van der Waals surface area contributed by atoms with Gasteiger partial charge in [-0.3, -0.25) is 5.43 Å². The molecule has 0 spiro atoms. The highest BCUT2D eigenvalue weighted by atomic mass is 32.1. The lowest BCUT2D eigenvalue weighted by Crippen LogP contribution is -2.04. The molecule has 4 aromatic rings. The van der Waals surface area contributed by atoms with Crippen molar-refractivity contribution >= 4 is 39.3 Å². The van der Waals surface area contributed by atoms with Crippen molar-refractivity contribution in [3.8, 4) is 11.5 Å². The summed E-state index contributed by atoms with van der Waals surface area (Å²) >= 11 is 1.50. The molecule has 0 saturated heterocycles. The second kappa shape index (κ2) is 8.79. The number of aromatic amines is 1. The van der Waals surface area contributed by atoms with Crippen LogP contribution >= 0.6 is 11.3 Å². The zero-order valence-electron chi connectivity index (χ0n) is 16.8. The van der Waals surface area contributed by atoms with Crippen LogP contribution < -0.4 is 14.9 Å². The first kappa shape index (κ1) is 19.7. The number of rotatable bonds is 7. The van der Waals surface area contributed by atoms with E-state index in [9.17, 15) is 0 Å². The van der Waals surface area contributed by atoms with Crippen molar-refractivity contribution < 1.29 is 9.47 Å². The van der Waals surface area contributed by atoms with Crippen molar-refractivity contribution in [3.63, 3.8) is 0 Å². The Hall–Kier alpha value is -3.65. The van der Waals surface area contributed by atoms with Gasteiger partial charge in [0, 0.05) is 10.9 Å². The number of thiazole rings is 1. The van der Waals surface area contributed by atoms with Crippen LogP contribution in [0.25, 0.3) is 17.1 Å². The van der Waals surface area contributed by atoms with Crippen LogP contribution in [0.3, 0.4) is 0 Å². The van der Waals surface area contributed by atoms with Gasteiger partial charge in [-0.25, -0.2) is 9.97 Å². The summed E-state index contributed by atoms with van der Waals surface area (Å²) in [4.78, 5) is 12.4. The van der Waals surface area contributed by atoms with Crippen molar-refractivity contribution in [2.24, 2.45) is 5.10 Å². The summed E-state index contributed by atoms with van der Waals surface area (Å²) in [5.74, 6) is 1.97. The molecule has 30 heavy (non-hydrogen) atoms. The van der Waals surface area contributed by atoms with Crippen LogP contribution in [-0.2, 0) is 0 Å². The van der Waals surface area contributed by atoms with Gasteiger partial charge in [0.1, 0.15) is 5.71 Å². The molecule has 8 heteroatoms. The topological polar surface area (TPSA) is 84.4 Å². The molecule has 4 rings (SSSR count). The number of hydrogen-bond donors (Lipinski definition) is 2. The molecule has 0 aliphatic rings. The molecule has 2 aromatic carbocycles. The zero-order chi connectivity index (χ0) is 20.9. The molecule has 0 saturated carbocycles. The highest BCUT2D eigenvalue weighted by Gasteiger charge is 2.10. The van der Waals surface area contributed by atoms with E-state index in [0.717, 1.165) is 22.3 Å². The van der Waals surface area contributed by atoms with Gasteiger partial charge in [0.2, 0.25) is 5.13 Å². The molecule has 0 aliphatic carbocycles.